The van der Waals surface area contributed by atoms with Crippen molar-refractivity contribution < 1.29 is 17.9 Å². The van der Waals surface area contributed by atoms with E-state index in [4.69, 9.17) is 4.74 Å². The lowest BCUT2D eigenvalue weighted by Crippen LogP contribution is -2.48. The maximum Gasteiger partial charge on any atom is 0.222 e. The van der Waals surface area contributed by atoms with Gasteiger partial charge in [-0.3, -0.25) is 4.79 Å². The largest absolute Gasteiger partial charge is 0.495 e. The molecular weight excluding hydrogens is 316 g/mol. The molecule has 0 unspecified atom stereocenters. The van der Waals surface area contributed by atoms with Crippen molar-refractivity contribution in [2.24, 2.45) is 0 Å². The van der Waals surface area contributed by atoms with Crippen molar-refractivity contribution in [3.05, 3.63) is 24.3 Å². The van der Waals surface area contributed by atoms with E-state index in [-0.39, 0.29) is 11.7 Å². The highest BCUT2D eigenvalue weighted by atomic mass is 32.2. The summed E-state index contributed by atoms with van der Waals surface area (Å²) in [6.07, 6.45) is 1.88. The first-order valence-corrected chi connectivity index (χ1v) is 9.80. The van der Waals surface area contributed by atoms with Crippen LogP contribution in [0.2, 0.25) is 0 Å². The molecule has 0 aromatic heterocycles. The Morgan fingerprint density at radius 2 is 1.83 bits per heavy atom. The van der Waals surface area contributed by atoms with E-state index >= 15 is 0 Å². The fourth-order valence-corrected chi connectivity index (χ4v) is 3.40. The number of amides is 1. The molecule has 2 rings (SSSR count). The van der Waals surface area contributed by atoms with Gasteiger partial charge in [0.1, 0.15) is 15.6 Å². The van der Waals surface area contributed by atoms with Crippen LogP contribution in [0.1, 0.15) is 12.8 Å². The summed E-state index contributed by atoms with van der Waals surface area (Å²) in [5, 5.41) is 0. The van der Waals surface area contributed by atoms with Gasteiger partial charge in [-0.2, -0.15) is 0 Å². The van der Waals surface area contributed by atoms with Gasteiger partial charge in [0.05, 0.1) is 18.6 Å². The zero-order valence-electron chi connectivity index (χ0n) is 13.7. The number of nitrogens with zero attached hydrogens (tertiary/aromatic N) is 2. The summed E-state index contributed by atoms with van der Waals surface area (Å²) >= 11 is 0. The number of rotatable bonds is 6. The van der Waals surface area contributed by atoms with Crippen LogP contribution in [-0.4, -0.2) is 64.5 Å². The molecule has 0 radical (unpaired) electrons. The van der Waals surface area contributed by atoms with Gasteiger partial charge < -0.3 is 14.5 Å². The van der Waals surface area contributed by atoms with E-state index in [2.05, 4.69) is 4.90 Å². The Kier molecular flexibility index (Phi) is 5.87. The van der Waals surface area contributed by atoms with Crippen LogP contribution in [0.5, 0.6) is 5.75 Å². The first kappa shape index (κ1) is 17.6. The van der Waals surface area contributed by atoms with E-state index in [1.54, 1.807) is 7.11 Å². The van der Waals surface area contributed by atoms with Crippen LogP contribution in [0.25, 0.3) is 0 Å². The van der Waals surface area contributed by atoms with Crippen LogP contribution in [0.4, 0.5) is 5.69 Å². The standard InChI is InChI=1S/C16H24N2O4S/c1-22-15-7-4-3-6-14(15)17-9-11-18(12-10-17)16(19)8-5-13-23(2,20)21/h3-4,6-7H,5,8-13H2,1-2H3. The van der Waals surface area contributed by atoms with E-state index in [1.807, 2.05) is 29.2 Å². The van der Waals surface area contributed by atoms with Crippen molar-refractivity contribution in [2.45, 2.75) is 12.8 Å². The molecule has 6 nitrogen and oxygen atoms in total. The van der Waals surface area contributed by atoms with Gasteiger partial charge in [-0.25, -0.2) is 8.42 Å². The number of benzene rings is 1. The van der Waals surface area contributed by atoms with E-state index < -0.39 is 9.84 Å². The number of piperazine rings is 1. The van der Waals surface area contributed by atoms with Crippen molar-refractivity contribution >= 4 is 21.4 Å². The number of hydrogen-bond donors (Lipinski definition) is 0. The number of carbonyl (C=O) groups excluding carboxylic acids is 1. The molecule has 1 aliphatic rings. The summed E-state index contributed by atoms with van der Waals surface area (Å²) in [5.41, 5.74) is 1.04. The van der Waals surface area contributed by atoms with Crippen molar-refractivity contribution in [2.75, 3.05) is 50.2 Å². The lowest BCUT2D eigenvalue weighted by Gasteiger charge is -2.36. The molecule has 1 aromatic rings. The molecule has 7 heteroatoms. The average Bonchev–Trinajstić information content (AvgIpc) is 2.53. The van der Waals surface area contributed by atoms with E-state index in [9.17, 15) is 13.2 Å². The summed E-state index contributed by atoms with van der Waals surface area (Å²) < 4.78 is 27.6. The van der Waals surface area contributed by atoms with Crippen LogP contribution in [-0.2, 0) is 14.6 Å². The molecule has 1 aliphatic heterocycles. The fourth-order valence-electron chi connectivity index (χ4n) is 2.73. The molecule has 128 valence electrons. The molecule has 0 spiro atoms. The van der Waals surface area contributed by atoms with Crippen molar-refractivity contribution in [1.82, 2.24) is 4.90 Å². The Labute approximate surface area is 137 Å². The number of sulfone groups is 1. The van der Waals surface area contributed by atoms with Gasteiger partial charge in [-0.1, -0.05) is 12.1 Å². The number of para-hydroxylation sites is 2. The molecule has 0 saturated carbocycles. The number of methoxy groups -OCH3 is 1. The Balaban J connectivity index is 1.85. The highest BCUT2D eigenvalue weighted by Gasteiger charge is 2.22. The summed E-state index contributed by atoms with van der Waals surface area (Å²) in [6, 6.07) is 7.85. The Morgan fingerprint density at radius 1 is 1.17 bits per heavy atom. The first-order valence-electron chi connectivity index (χ1n) is 7.74. The normalized spacial score (nSPS) is 15.6. The van der Waals surface area contributed by atoms with E-state index in [1.165, 1.54) is 6.26 Å². The van der Waals surface area contributed by atoms with Gasteiger partial charge in [-0.15, -0.1) is 0 Å². The first-order chi connectivity index (χ1) is 10.9. The second-order valence-corrected chi connectivity index (χ2v) is 8.03. The molecule has 1 fully saturated rings. The molecule has 1 amide bonds. The Hall–Kier alpha value is -1.76. The van der Waals surface area contributed by atoms with Crippen molar-refractivity contribution in [3.63, 3.8) is 0 Å². The number of anilines is 1. The minimum absolute atomic E-state index is 0.0355. The van der Waals surface area contributed by atoms with Gasteiger partial charge in [0, 0.05) is 38.9 Å². The van der Waals surface area contributed by atoms with Crippen molar-refractivity contribution in [3.8, 4) is 5.75 Å². The van der Waals surface area contributed by atoms with Gasteiger partial charge in [0.15, 0.2) is 0 Å². The van der Waals surface area contributed by atoms with Gasteiger partial charge >= 0.3 is 0 Å². The van der Waals surface area contributed by atoms with Crippen LogP contribution in [0, 0.1) is 0 Å². The maximum atomic E-state index is 12.1. The zero-order chi connectivity index (χ0) is 16.9. The third-order valence-corrected chi connectivity index (χ3v) is 4.99. The molecular formula is C16H24N2O4S. The Morgan fingerprint density at radius 3 is 2.43 bits per heavy atom. The second-order valence-electron chi connectivity index (χ2n) is 5.77. The summed E-state index contributed by atoms with van der Waals surface area (Å²) in [7, 11) is -1.34. The number of ether oxygens (including phenoxy) is 1. The van der Waals surface area contributed by atoms with Gasteiger partial charge in [-0.05, 0) is 18.6 Å². The monoisotopic (exact) mass is 340 g/mol. The van der Waals surface area contributed by atoms with Gasteiger partial charge in [0.2, 0.25) is 5.91 Å². The molecule has 0 aliphatic carbocycles. The SMILES string of the molecule is COc1ccccc1N1CCN(C(=O)CCCS(C)(=O)=O)CC1. The fraction of sp³-hybridized carbons (Fsp3) is 0.562. The summed E-state index contributed by atoms with van der Waals surface area (Å²) in [4.78, 5) is 16.2. The van der Waals surface area contributed by atoms with Crippen LogP contribution < -0.4 is 9.64 Å². The van der Waals surface area contributed by atoms with Crippen LogP contribution in [0.3, 0.4) is 0 Å². The quantitative estimate of drug-likeness (QED) is 0.778. The molecule has 0 bridgehead atoms. The lowest BCUT2D eigenvalue weighted by molar-refractivity contribution is -0.131. The molecule has 1 heterocycles. The molecule has 0 N–H and O–H groups in total. The molecule has 0 atom stereocenters. The minimum Gasteiger partial charge on any atom is -0.495 e. The smallest absolute Gasteiger partial charge is 0.222 e. The molecule has 1 saturated heterocycles. The summed E-state index contributed by atoms with van der Waals surface area (Å²) in [6.45, 7) is 2.79. The maximum absolute atomic E-state index is 12.1. The second kappa shape index (κ2) is 7.68. The van der Waals surface area contributed by atoms with Crippen LogP contribution in [0.15, 0.2) is 24.3 Å². The average molecular weight is 340 g/mol. The van der Waals surface area contributed by atoms with Crippen molar-refractivity contribution in [1.29, 1.82) is 0 Å². The van der Waals surface area contributed by atoms with E-state index in [0.717, 1.165) is 24.5 Å². The van der Waals surface area contributed by atoms with Crippen LogP contribution >= 0.6 is 0 Å². The minimum atomic E-state index is -3.00. The number of hydrogen-bond acceptors (Lipinski definition) is 5. The topological polar surface area (TPSA) is 66.9 Å². The third-order valence-electron chi connectivity index (χ3n) is 3.96. The Bertz CT molecular complexity index is 637. The number of carbonyl (C=O) groups is 1. The van der Waals surface area contributed by atoms with E-state index in [0.29, 0.717) is 25.9 Å². The predicted molar refractivity (Wildman–Crippen MR) is 90.7 cm³/mol. The van der Waals surface area contributed by atoms with Gasteiger partial charge in [0.25, 0.3) is 0 Å². The summed E-state index contributed by atoms with van der Waals surface area (Å²) in [5.74, 6) is 0.939. The highest BCUT2D eigenvalue weighted by Crippen LogP contribution is 2.28. The molecule has 23 heavy (non-hydrogen) atoms. The molecule has 1 aromatic carbocycles. The highest BCUT2D eigenvalue weighted by molar-refractivity contribution is 7.90. The predicted octanol–water partition coefficient (Wildman–Crippen LogP) is 1.17. The lowest BCUT2D eigenvalue weighted by atomic mass is 10.2. The third kappa shape index (κ3) is 5.13. The zero-order valence-corrected chi connectivity index (χ0v) is 14.5.